The van der Waals surface area contributed by atoms with Crippen molar-refractivity contribution >= 4 is 17.3 Å². The molecule has 3 rings (SSSR count). The van der Waals surface area contributed by atoms with Crippen LogP contribution in [0.25, 0.3) is 10.9 Å². The first kappa shape index (κ1) is 10.4. The minimum absolute atomic E-state index is 0.175. The van der Waals surface area contributed by atoms with E-state index in [1.165, 1.54) is 22.2 Å². The Hall–Kier alpha value is -1.77. The first-order valence-electron chi connectivity index (χ1n) is 6.09. The molecule has 0 spiro atoms. The summed E-state index contributed by atoms with van der Waals surface area (Å²) in [5.41, 5.74) is 3.95. The van der Waals surface area contributed by atoms with Crippen molar-refractivity contribution in [1.29, 1.82) is 0 Å². The Kier molecular flexibility index (Phi) is 2.39. The monoisotopic (exact) mass is 228 g/mol. The standard InChI is InChI=1S/C14H16N2O/c1-16-13-8-3-2-5-10(13)11-6-4-7-12(14(11)16)15-9-17/h2-3,5,8-9,12H,4,6-7H2,1H3,(H,15,17)/t12-/m1/s1. The topological polar surface area (TPSA) is 34.0 Å². The van der Waals surface area contributed by atoms with Crippen molar-refractivity contribution in [3.8, 4) is 0 Å². The van der Waals surface area contributed by atoms with E-state index in [0.29, 0.717) is 0 Å². The van der Waals surface area contributed by atoms with Crippen LogP contribution in [-0.2, 0) is 18.3 Å². The van der Waals surface area contributed by atoms with Crippen molar-refractivity contribution in [2.24, 2.45) is 7.05 Å². The molecule has 17 heavy (non-hydrogen) atoms. The molecule has 1 N–H and O–H groups in total. The Morgan fingerprint density at radius 1 is 1.41 bits per heavy atom. The Bertz CT molecular complexity index is 571. The van der Waals surface area contributed by atoms with E-state index in [9.17, 15) is 4.79 Å². The molecule has 3 heteroatoms. The molecule has 0 fully saturated rings. The van der Waals surface area contributed by atoms with Crippen LogP contribution >= 0.6 is 0 Å². The largest absolute Gasteiger partial charge is 0.350 e. The molecule has 0 unspecified atom stereocenters. The summed E-state index contributed by atoms with van der Waals surface area (Å²) in [5.74, 6) is 0. The van der Waals surface area contributed by atoms with Gasteiger partial charge < -0.3 is 9.88 Å². The number of fused-ring (bicyclic) bond motifs is 3. The van der Waals surface area contributed by atoms with E-state index in [1.54, 1.807) is 0 Å². The van der Waals surface area contributed by atoms with E-state index in [2.05, 4.69) is 41.2 Å². The van der Waals surface area contributed by atoms with E-state index in [1.807, 2.05) is 0 Å². The van der Waals surface area contributed by atoms with Gasteiger partial charge in [-0.1, -0.05) is 18.2 Å². The van der Waals surface area contributed by atoms with E-state index in [4.69, 9.17) is 0 Å². The SMILES string of the molecule is Cn1c2c(c3ccccc31)CCC[C@H]2NC=O. The number of para-hydroxylation sites is 1. The van der Waals surface area contributed by atoms with E-state index >= 15 is 0 Å². The summed E-state index contributed by atoms with van der Waals surface area (Å²) in [6.45, 7) is 0. The van der Waals surface area contributed by atoms with Gasteiger partial charge in [0.25, 0.3) is 0 Å². The van der Waals surface area contributed by atoms with Crippen molar-refractivity contribution in [3.05, 3.63) is 35.5 Å². The van der Waals surface area contributed by atoms with E-state index in [0.717, 1.165) is 25.7 Å². The van der Waals surface area contributed by atoms with Gasteiger partial charge in [-0.3, -0.25) is 4.79 Å². The number of hydrogen-bond acceptors (Lipinski definition) is 1. The van der Waals surface area contributed by atoms with Gasteiger partial charge in [0.15, 0.2) is 0 Å². The molecule has 1 aromatic heterocycles. The Morgan fingerprint density at radius 3 is 3.06 bits per heavy atom. The van der Waals surface area contributed by atoms with E-state index in [-0.39, 0.29) is 6.04 Å². The number of nitrogens with one attached hydrogen (secondary N) is 1. The van der Waals surface area contributed by atoms with Crippen LogP contribution in [0.15, 0.2) is 24.3 Å². The first-order chi connectivity index (χ1) is 8.33. The maximum Gasteiger partial charge on any atom is 0.207 e. The molecule has 1 aromatic carbocycles. The third-order valence-electron chi connectivity index (χ3n) is 3.78. The molecule has 1 amide bonds. The zero-order valence-electron chi connectivity index (χ0n) is 9.94. The predicted octanol–water partition coefficient (Wildman–Crippen LogP) is 2.30. The highest BCUT2D eigenvalue weighted by molar-refractivity contribution is 5.86. The molecule has 0 aliphatic heterocycles. The summed E-state index contributed by atoms with van der Waals surface area (Å²) in [6, 6.07) is 8.65. The first-order valence-corrected chi connectivity index (χ1v) is 6.09. The highest BCUT2D eigenvalue weighted by atomic mass is 16.1. The summed E-state index contributed by atoms with van der Waals surface area (Å²) < 4.78 is 2.23. The third-order valence-corrected chi connectivity index (χ3v) is 3.78. The number of amides is 1. The second-order valence-electron chi connectivity index (χ2n) is 4.67. The smallest absolute Gasteiger partial charge is 0.207 e. The summed E-state index contributed by atoms with van der Waals surface area (Å²) >= 11 is 0. The lowest BCUT2D eigenvalue weighted by atomic mass is 9.92. The number of carbonyl (C=O) groups excluding carboxylic acids is 1. The maximum absolute atomic E-state index is 10.7. The number of benzene rings is 1. The second kappa shape index (κ2) is 3.91. The molecule has 0 radical (unpaired) electrons. The quantitative estimate of drug-likeness (QED) is 0.786. The molecule has 1 heterocycles. The number of nitrogens with zero attached hydrogens (tertiary/aromatic N) is 1. The van der Waals surface area contributed by atoms with Gasteiger partial charge in [0.1, 0.15) is 0 Å². The molecular weight excluding hydrogens is 212 g/mol. The highest BCUT2D eigenvalue weighted by Crippen LogP contribution is 2.36. The minimum Gasteiger partial charge on any atom is -0.350 e. The van der Waals surface area contributed by atoms with Crippen LogP contribution in [-0.4, -0.2) is 11.0 Å². The fourth-order valence-corrected chi connectivity index (χ4v) is 3.06. The van der Waals surface area contributed by atoms with Crippen LogP contribution in [0.4, 0.5) is 0 Å². The molecule has 0 bridgehead atoms. The number of hydrogen-bond donors (Lipinski definition) is 1. The van der Waals surface area contributed by atoms with Crippen molar-refractivity contribution in [3.63, 3.8) is 0 Å². The van der Waals surface area contributed by atoms with Crippen LogP contribution in [0.3, 0.4) is 0 Å². The lowest BCUT2D eigenvalue weighted by molar-refractivity contribution is -0.110. The molecule has 2 aromatic rings. The summed E-state index contributed by atoms with van der Waals surface area (Å²) in [4.78, 5) is 10.7. The zero-order valence-corrected chi connectivity index (χ0v) is 9.94. The van der Waals surface area contributed by atoms with Crippen LogP contribution in [0.5, 0.6) is 0 Å². The van der Waals surface area contributed by atoms with Gasteiger partial charge in [0, 0.05) is 23.6 Å². The molecule has 1 atom stereocenters. The Morgan fingerprint density at radius 2 is 2.24 bits per heavy atom. The maximum atomic E-state index is 10.7. The third kappa shape index (κ3) is 1.46. The molecule has 0 saturated carbocycles. The summed E-state index contributed by atoms with van der Waals surface area (Å²) in [5, 5.41) is 4.28. The lowest BCUT2D eigenvalue weighted by Gasteiger charge is -2.23. The van der Waals surface area contributed by atoms with Crippen LogP contribution in [0.2, 0.25) is 0 Å². The Labute approximate surface area is 100 Å². The van der Waals surface area contributed by atoms with Crippen molar-refractivity contribution in [1.82, 2.24) is 9.88 Å². The average molecular weight is 228 g/mol. The number of rotatable bonds is 2. The van der Waals surface area contributed by atoms with Crippen molar-refractivity contribution in [2.75, 3.05) is 0 Å². The van der Waals surface area contributed by atoms with E-state index < -0.39 is 0 Å². The van der Waals surface area contributed by atoms with Crippen LogP contribution in [0, 0.1) is 0 Å². The number of aryl methyl sites for hydroxylation is 2. The summed E-state index contributed by atoms with van der Waals surface area (Å²) in [6.07, 6.45) is 4.12. The normalized spacial score (nSPS) is 19.0. The number of carbonyl (C=O) groups is 1. The molecule has 3 nitrogen and oxygen atoms in total. The summed E-state index contributed by atoms with van der Waals surface area (Å²) in [7, 11) is 2.09. The van der Waals surface area contributed by atoms with Crippen LogP contribution < -0.4 is 5.32 Å². The average Bonchev–Trinajstić information content (AvgIpc) is 2.66. The van der Waals surface area contributed by atoms with Gasteiger partial charge in [-0.2, -0.15) is 0 Å². The fraction of sp³-hybridized carbons (Fsp3) is 0.357. The number of aromatic nitrogens is 1. The lowest BCUT2D eigenvalue weighted by Crippen LogP contribution is -2.25. The van der Waals surface area contributed by atoms with Gasteiger partial charge in [0.2, 0.25) is 6.41 Å². The fourth-order valence-electron chi connectivity index (χ4n) is 3.06. The van der Waals surface area contributed by atoms with Gasteiger partial charge in [-0.05, 0) is 30.9 Å². The van der Waals surface area contributed by atoms with Gasteiger partial charge >= 0.3 is 0 Å². The predicted molar refractivity (Wildman–Crippen MR) is 67.8 cm³/mol. The van der Waals surface area contributed by atoms with Gasteiger partial charge in [0.05, 0.1) is 6.04 Å². The van der Waals surface area contributed by atoms with Gasteiger partial charge in [-0.25, -0.2) is 0 Å². The van der Waals surface area contributed by atoms with Crippen molar-refractivity contribution in [2.45, 2.75) is 25.3 Å². The molecule has 88 valence electrons. The molecule has 1 aliphatic rings. The minimum atomic E-state index is 0.175. The van der Waals surface area contributed by atoms with Crippen molar-refractivity contribution < 1.29 is 4.79 Å². The molecule has 1 aliphatic carbocycles. The van der Waals surface area contributed by atoms with Gasteiger partial charge in [-0.15, -0.1) is 0 Å². The Balaban J connectivity index is 2.25. The molecule has 0 saturated heterocycles. The second-order valence-corrected chi connectivity index (χ2v) is 4.67. The van der Waals surface area contributed by atoms with Crippen LogP contribution in [0.1, 0.15) is 30.1 Å². The molecular formula is C14H16N2O. The zero-order chi connectivity index (χ0) is 11.8. The highest BCUT2D eigenvalue weighted by Gasteiger charge is 2.25.